The average molecular weight is 174 g/mol. The molecule has 0 spiro atoms. The van der Waals surface area contributed by atoms with Gasteiger partial charge in [0.15, 0.2) is 0 Å². The van der Waals surface area contributed by atoms with Gasteiger partial charge >= 0.3 is 0 Å². The number of unbranched alkanes of at least 4 members (excludes halogenated alkanes) is 1. The SMILES string of the molecule is NCCCC#CCc1ccncc1. The molecule has 1 rings (SSSR count). The summed E-state index contributed by atoms with van der Waals surface area (Å²) in [4.78, 5) is 3.94. The van der Waals surface area contributed by atoms with E-state index in [-0.39, 0.29) is 0 Å². The normalized spacial score (nSPS) is 9.00. The summed E-state index contributed by atoms with van der Waals surface area (Å²) in [6, 6.07) is 3.97. The van der Waals surface area contributed by atoms with Crippen molar-refractivity contribution in [2.75, 3.05) is 6.54 Å². The molecule has 0 aliphatic heterocycles. The first kappa shape index (κ1) is 9.76. The molecule has 2 N–H and O–H groups in total. The fourth-order valence-electron chi connectivity index (χ4n) is 0.944. The smallest absolute Gasteiger partial charge is 0.0341 e. The summed E-state index contributed by atoms with van der Waals surface area (Å²) >= 11 is 0. The lowest BCUT2D eigenvalue weighted by molar-refractivity contribution is 0.869. The number of aromatic nitrogens is 1. The molecule has 0 bridgehead atoms. The number of nitrogens with zero attached hydrogens (tertiary/aromatic N) is 1. The van der Waals surface area contributed by atoms with Crippen LogP contribution in [0.25, 0.3) is 0 Å². The highest BCUT2D eigenvalue weighted by molar-refractivity contribution is 5.17. The van der Waals surface area contributed by atoms with E-state index < -0.39 is 0 Å². The molecule has 68 valence electrons. The van der Waals surface area contributed by atoms with Crippen molar-refractivity contribution < 1.29 is 0 Å². The molecule has 0 aromatic carbocycles. The average Bonchev–Trinajstić information content (AvgIpc) is 2.19. The Hall–Kier alpha value is -1.33. The van der Waals surface area contributed by atoms with Gasteiger partial charge in [0.1, 0.15) is 0 Å². The van der Waals surface area contributed by atoms with Crippen LogP contribution in [0.2, 0.25) is 0 Å². The number of hydrogen-bond acceptors (Lipinski definition) is 2. The van der Waals surface area contributed by atoms with Gasteiger partial charge in [-0.3, -0.25) is 4.98 Å². The van der Waals surface area contributed by atoms with Crippen LogP contribution < -0.4 is 5.73 Å². The third-order valence-corrected chi connectivity index (χ3v) is 1.67. The zero-order chi connectivity index (χ0) is 9.36. The fraction of sp³-hybridized carbons (Fsp3) is 0.364. The van der Waals surface area contributed by atoms with Crippen LogP contribution in [0, 0.1) is 11.8 Å². The maximum atomic E-state index is 5.35. The van der Waals surface area contributed by atoms with Gasteiger partial charge in [0.25, 0.3) is 0 Å². The van der Waals surface area contributed by atoms with E-state index in [0.29, 0.717) is 0 Å². The zero-order valence-electron chi connectivity index (χ0n) is 7.66. The number of rotatable bonds is 3. The van der Waals surface area contributed by atoms with E-state index in [1.807, 2.05) is 12.1 Å². The Morgan fingerprint density at radius 2 is 2.00 bits per heavy atom. The van der Waals surface area contributed by atoms with Gasteiger partial charge in [-0.05, 0) is 30.7 Å². The van der Waals surface area contributed by atoms with Crippen molar-refractivity contribution in [3.8, 4) is 11.8 Å². The topological polar surface area (TPSA) is 38.9 Å². The quantitative estimate of drug-likeness (QED) is 0.555. The third kappa shape index (κ3) is 4.29. The first-order chi connectivity index (χ1) is 6.43. The lowest BCUT2D eigenvalue weighted by Gasteiger charge is -1.90. The van der Waals surface area contributed by atoms with Gasteiger partial charge in [0.05, 0.1) is 0 Å². The minimum atomic E-state index is 0.726. The number of nitrogens with two attached hydrogens (primary N) is 1. The van der Waals surface area contributed by atoms with Crippen LogP contribution in [0.15, 0.2) is 24.5 Å². The minimum Gasteiger partial charge on any atom is -0.330 e. The van der Waals surface area contributed by atoms with Crippen molar-refractivity contribution in [1.82, 2.24) is 4.98 Å². The van der Waals surface area contributed by atoms with Gasteiger partial charge in [0, 0.05) is 25.2 Å². The van der Waals surface area contributed by atoms with Crippen molar-refractivity contribution in [3.63, 3.8) is 0 Å². The molecule has 0 amide bonds. The monoisotopic (exact) mass is 174 g/mol. The Bertz CT molecular complexity index is 282. The van der Waals surface area contributed by atoms with Crippen molar-refractivity contribution in [1.29, 1.82) is 0 Å². The second-order valence-corrected chi connectivity index (χ2v) is 2.78. The van der Waals surface area contributed by atoms with Gasteiger partial charge < -0.3 is 5.73 Å². The van der Waals surface area contributed by atoms with Gasteiger partial charge in [-0.25, -0.2) is 0 Å². The van der Waals surface area contributed by atoms with Crippen LogP contribution >= 0.6 is 0 Å². The molecular formula is C11H14N2. The van der Waals surface area contributed by atoms with Crippen molar-refractivity contribution in [2.45, 2.75) is 19.3 Å². The second-order valence-electron chi connectivity index (χ2n) is 2.78. The van der Waals surface area contributed by atoms with E-state index in [1.165, 1.54) is 5.56 Å². The molecule has 0 atom stereocenters. The predicted octanol–water partition coefficient (Wildman–Crippen LogP) is 1.37. The molecule has 0 radical (unpaired) electrons. The summed E-state index contributed by atoms with van der Waals surface area (Å²) < 4.78 is 0. The van der Waals surface area contributed by atoms with Crippen LogP contribution in [-0.2, 0) is 6.42 Å². The molecule has 0 unspecified atom stereocenters. The fourth-order valence-corrected chi connectivity index (χ4v) is 0.944. The molecule has 0 saturated carbocycles. The molecule has 1 heterocycles. The summed E-state index contributed by atoms with van der Waals surface area (Å²) in [5, 5.41) is 0. The molecule has 13 heavy (non-hydrogen) atoms. The van der Waals surface area contributed by atoms with Gasteiger partial charge in [-0.15, -0.1) is 5.92 Å². The summed E-state index contributed by atoms with van der Waals surface area (Å²) in [6.07, 6.45) is 6.28. The van der Waals surface area contributed by atoms with Crippen molar-refractivity contribution >= 4 is 0 Å². The van der Waals surface area contributed by atoms with E-state index in [2.05, 4.69) is 16.8 Å². The molecule has 2 heteroatoms. The second kappa shape index (κ2) is 6.22. The minimum absolute atomic E-state index is 0.726. The first-order valence-corrected chi connectivity index (χ1v) is 4.48. The third-order valence-electron chi connectivity index (χ3n) is 1.67. The Labute approximate surface area is 79.2 Å². The standard InChI is InChI=1S/C11H14N2/c12-8-4-2-1-3-5-11-6-9-13-10-7-11/h6-7,9-10H,2,4-5,8,12H2. The largest absolute Gasteiger partial charge is 0.330 e. The van der Waals surface area contributed by atoms with Crippen molar-refractivity contribution in [3.05, 3.63) is 30.1 Å². The Morgan fingerprint density at radius 1 is 1.23 bits per heavy atom. The van der Waals surface area contributed by atoms with Gasteiger partial charge in [-0.1, -0.05) is 5.92 Å². The zero-order valence-corrected chi connectivity index (χ0v) is 7.66. The number of pyridine rings is 1. The van der Waals surface area contributed by atoms with Crippen LogP contribution in [0.4, 0.5) is 0 Å². The first-order valence-electron chi connectivity index (χ1n) is 4.48. The summed E-state index contributed by atoms with van der Waals surface area (Å²) in [5.74, 6) is 6.19. The summed E-state index contributed by atoms with van der Waals surface area (Å²) in [5.41, 5.74) is 6.56. The predicted molar refractivity (Wildman–Crippen MR) is 54.0 cm³/mol. The van der Waals surface area contributed by atoms with E-state index in [0.717, 1.165) is 25.8 Å². The van der Waals surface area contributed by atoms with Crippen molar-refractivity contribution in [2.24, 2.45) is 5.73 Å². The molecule has 2 nitrogen and oxygen atoms in total. The Kier molecular flexibility index (Phi) is 4.66. The Balaban J connectivity index is 2.29. The Morgan fingerprint density at radius 3 is 2.69 bits per heavy atom. The summed E-state index contributed by atoms with van der Waals surface area (Å²) in [7, 11) is 0. The van der Waals surface area contributed by atoms with E-state index in [1.54, 1.807) is 12.4 Å². The molecule has 0 aliphatic rings. The van der Waals surface area contributed by atoms with Crippen LogP contribution in [0.1, 0.15) is 18.4 Å². The molecule has 0 saturated heterocycles. The lowest BCUT2D eigenvalue weighted by Crippen LogP contribution is -1.96. The molecule has 1 aromatic rings. The molecular weight excluding hydrogens is 160 g/mol. The highest BCUT2D eigenvalue weighted by Crippen LogP contribution is 1.95. The van der Waals surface area contributed by atoms with Gasteiger partial charge in [0.2, 0.25) is 0 Å². The lowest BCUT2D eigenvalue weighted by atomic mass is 10.2. The molecule has 1 aromatic heterocycles. The highest BCUT2D eigenvalue weighted by atomic mass is 14.6. The molecule has 0 aliphatic carbocycles. The van der Waals surface area contributed by atoms with Gasteiger partial charge in [-0.2, -0.15) is 0 Å². The van der Waals surface area contributed by atoms with Crippen LogP contribution in [0.5, 0.6) is 0 Å². The van der Waals surface area contributed by atoms with Crippen LogP contribution in [0.3, 0.4) is 0 Å². The maximum absolute atomic E-state index is 5.35. The van der Waals surface area contributed by atoms with E-state index >= 15 is 0 Å². The highest BCUT2D eigenvalue weighted by Gasteiger charge is 1.85. The van der Waals surface area contributed by atoms with Crippen LogP contribution in [-0.4, -0.2) is 11.5 Å². The maximum Gasteiger partial charge on any atom is 0.0341 e. The number of hydrogen-bond donors (Lipinski definition) is 1. The summed E-state index contributed by atoms with van der Waals surface area (Å²) in [6.45, 7) is 0.726. The van der Waals surface area contributed by atoms with E-state index in [4.69, 9.17) is 5.73 Å². The molecule has 0 fully saturated rings. The van der Waals surface area contributed by atoms with E-state index in [9.17, 15) is 0 Å².